The van der Waals surface area contributed by atoms with Gasteiger partial charge in [-0.1, -0.05) is 36.6 Å². The second kappa shape index (κ2) is 6.25. The molecule has 104 valence electrons. The normalized spacial score (nSPS) is 24.4. The molecule has 0 bridgehead atoms. The predicted octanol–water partition coefficient (Wildman–Crippen LogP) is 3.45. The molecule has 2 nitrogen and oxygen atoms in total. The van der Waals surface area contributed by atoms with Crippen LogP contribution in [0.15, 0.2) is 24.3 Å². The molecule has 1 saturated carbocycles. The van der Waals surface area contributed by atoms with Gasteiger partial charge >= 0.3 is 0 Å². The van der Waals surface area contributed by atoms with E-state index in [1.807, 2.05) is 6.07 Å². The van der Waals surface area contributed by atoms with Crippen molar-refractivity contribution in [3.8, 4) is 0 Å². The fourth-order valence-corrected chi connectivity index (χ4v) is 3.77. The summed E-state index contributed by atoms with van der Waals surface area (Å²) in [7, 11) is 0. The molecule has 1 aromatic rings. The predicted molar refractivity (Wildman–Crippen MR) is 80.5 cm³/mol. The molecule has 3 rings (SSSR count). The molecule has 0 aromatic heterocycles. The summed E-state index contributed by atoms with van der Waals surface area (Å²) < 4.78 is 0. The van der Waals surface area contributed by atoms with Crippen molar-refractivity contribution in [2.75, 3.05) is 13.1 Å². The lowest BCUT2D eigenvalue weighted by Gasteiger charge is -2.34. The molecule has 3 heteroatoms. The summed E-state index contributed by atoms with van der Waals surface area (Å²) in [6, 6.07) is 9.84. The lowest BCUT2D eigenvalue weighted by atomic mass is 10.1. The SMILES string of the molecule is Clc1cccc(CN(C2CCCC2)C2CCNC2)c1. The molecule has 1 aromatic carbocycles. The van der Waals surface area contributed by atoms with Crippen LogP contribution in [0.2, 0.25) is 5.02 Å². The topological polar surface area (TPSA) is 15.3 Å². The fraction of sp³-hybridized carbons (Fsp3) is 0.625. The molecule has 1 N–H and O–H groups in total. The van der Waals surface area contributed by atoms with Crippen LogP contribution in [0, 0.1) is 0 Å². The van der Waals surface area contributed by atoms with E-state index >= 15 is 0 Å². The lowest BCUT2D eigenvalue weighted by Crippen LogP contribution is -2.42. The van der Waals surface area contributed by atoms with E-state index in [9.17, 15) is 0 Å². The van der Waals surface area contributed by atoms with Gasteiger partial charge in [0.05, 0.1) is 0 Å². The Labute approximate surface area is 121 Å². The van der Waals surface area contributed by atoms with Crippen LogP contribution in [0.4, 0.5) is 0 Å². The third-order valence-corrected chi connectivity index (χ3v) is 4.79. The van der Waals surface area contributed by atoms with Crippen LogP contribution in [0.5, 0.6) is 0 Å². The maximum absolute atomic E-state index is 6.12. The molecule has 19 heavy (non-hydrogen) atoms. The minimum atomic E-state index is 0.710. The van der Waals surface area contributed by atoms with Crippen molar-refractivity contribution in [1.29, 1.82) is 0 Å². The maximum Gasteiger partial charge on any atom is 0.0409 e. The van der Waals surface area contributed by atoms with Gasteiger partial charge in [-0.15, -0.1) is 0 Å². The molecule has 2 aliphatic rings. The average Bonchev–Trinajstić information content (AvgIpc) is 3.10. The fourth-order valence-electron chi connectivity index (χ4n) is 3.56. The van der Waals surface area contributed by atoms with Crippen molar-refractivity contribution >= 4 is 11.6 Å². The first-order valence-electron chi connectivity index (χ1n) is 7.54. The number of benzene rings is 1. The minimum absolute atomic E-state index is 0.710. The summed E-state index contributed by atoms with van der Waals surface area (Å²) in [5.74, 6) is 0. The van der Waals surface area contributed by atoms with E-state index in [0.29, 0.717) is 6.04 Å². The highest BCUT2D eigenvalue weighted by molar-refractivity contribution is 6.30. The summed E-state index contributed by atoms with van der Waals surface area (Å²) in [6.45, 7) is 3.37. The molecule has 0 spiro atoms. The highest BCUT2D eigenvalue weighted by Gasteiger charge is 2.30. The van der Waals surface area contributed by atoms with E-state index < -0.39 is 0 Å². The van der Waals surface area contributed by atoms with Crippen molar-refractivity contribution in [2.45, 2.75) is 50.7 Å². The standard InChI is InChI=1S/C16H23ClN2/c17-14-5-3-4-13(10-14)12-19(15-6-1-2-7-15)16-8-9-18-11-16/h3-5,10,15-16,18H,1-2,6-9,11-12H2. The minimum Gasteiger partial charge on any atom is -0.315 e. The van der Waals surface area contributed by atoms with Crippen molar-refractivity contribution in [3.05, 3.63) is 34.9 Å². The van der Waals surface area contributed by atoms with Gasteiger partial charge in [-0.3, -0.25) is 4.90 Å². The number of hydrogen-bond acceptors (Lipinski definition) is 2. The second-order valence-corrected chi connectivity index (χ2v) is 6.32. The van der Waals surface area contributed by atoms with Gasteiger partial charge < -0.3 is 5.32 Å². The zero-order valence-electron chi connectivity index (χ0n) is 11.4. The Morgan fingerprint density at radius 3 is 2.68 bits per heavy atom. The molecule has 1 aliphatic carbocycles. The van der Waals surface area contributed by atoms with Crippen LogP contribution in [0.25, 0.3) is 0 Å². The van der Waals surface area contributed by atoms with Crippen molar-refractivity contribution in [2.24, 2.45) is 0 Å². The first-order valence-corrected chi connectivity index (χ1v) is 7.91. The summed E-state index contributed by atoms with van der Waals surface area (Å²) >= 11 is 6.12. The summed E-state index contributed by atoms with van der Waals surface area (Å²) in [6.07, 6.45) is 6.83. The van der Waals surface area contributed by atoms with E-state index in [2.05, 4.69) is 28.4 Å². The largest absolute Gasteiger partial charge is 0.315 e. The summed E-state index contributed by atoms with van der Waals surface area (Å²) in [5, 5.41) is 4.36. The van der Waals surface area contributed by atoms with Crippen molar-refractivity contribution in [3.63, 3.8) is 0 Å². The highest BCUT2D eigenvalue weighted by atomic mass is 35.5. The summed E-state index contributed by atoms with van der Waals surface area (Å²) in [4.78, 5) is 2.73. The molecule has 1 aliphatic heterocycles. The molecule has 2 fully saturated rings. The van der Waals surface area contributed by atoms with Gasteiger partial charge in [0.15, 0.2) is 0 Å². The monoisotopic (exact) mass is 278 g/mol. The van der Waals surface area contributed by atoms with E-state index in [1.165, 1.54) is 44.2 Å². The van der Waals surface area contributed by atoms with Crippen molar-refractivity contribution in [1.82, 2.24) is 10.2 Å². The second-order valence-electron chi connectivity index (χ2n) is 5.89. The third kappa shape index (κ3) is 3.31. The van der Waals surface area contributed by atoms with Gasteiger partial charge in [-0.05, 0) is 43.5 Å². The van der Waals surface area contributed by atoms with E-state index in [-0.39, 0.29) is 0 Å². The number of rotatable bonds is 4. The highest BCUT2D eigenvalue weighted by Crippen LogP contribution is 2.28. The quantitative estimate of drug-likeness (QED) is 0.908. The van der Waals surface area contributed by atoms with Crippen LogP contribution in [-0.2, 0) is 6.54 Å². The van der Waals surface area contributed by atoms with Gasteiger partial charge in [-0.25, -0.2) is 0 Å². The van der Waals surface area contributed by atoms with Gasteiger partial charge in [0.2, 0.25) is 0 Å². The van der Waals surface area contributed by atoms with Crippen LogP contribution in [0.1, 0.15) is 37.7 Å². The Balaban J connectivity index is 1.74. The van der Waals surface area contributed by atoms with Crippen LogP contribution in [0.3, 0.4) is 0 Å². The lowest BCUT2D eigenvalue weighted by molar-refractivity contribution is 0.136. The number of nitrogens with zero attached hydrogens (tertiary/aromatic N) is 1. The molecule has 1 saturated heterocycles. The molecule has 1 unspecified atom stereocenters. The van der Waals surface area contributed by atoms with Crippen molar-refractivity contribution < 1.29 is 0 Å². The number of nitrogens with one attached hydrogen (secondary N) is 1. The van der Waals surface area contributed by atoms with E-state index in [4.69, 9.17) is 11.6 Å². The molecule has 0 radical (unpaired) electrons. The summed E-state index contributed by atoms with van der Waals surface area (Å²) in [5.41, 5.74) is 1.35. The van der Waals surface area contributed by atoms with Gasteiger partial charge in [0, 0.05) is 30.2 Å². The van der Waals surface area contributed by atoms with Gasteiger partial charge in [0.25, 0.3) is 0 Å². The average molecular weight is 279 g/mol. The zero-order valence-corrected chi connectivity index (χ0v) is 12.2. The van der Waals surface area contributed by atoms with Crippen LogP contribution < -0.4 is 5.32 Å². The first kappa shape index (κ1) is 13.4. The van der Waals surface area contributed by atoms with Crippen LogP contribution >= 0.6 is 11.6 Å². The third-order valence-electron chi connectivity index (χ3n) is 4.55. The molecular formula is C16H23ClN2. The van der Waals surface area contributed by atoms with Gasteiger partial charge in [-0.2, -0.15) is 0 Å². The Hall–Kier alpha value is -0.570. The number of halogens is 1. The van der Waals surface area contributed by atoms with Gasteiger partial charge in [0.1, 0.15) is 0 Å². The molecule has 0 amide bonds. The molecule has 1 heterocycles. The zero-order chi connectivity index (χ0) is 13.1. The Bertz CT molecular complexity index is 393. The maximum atomic E-state index is 6.12. The Morgan fingerprint density at radius 2 is 2.00 bits per heavy atom. The number of hydrogen-bond donors (Lipinski definition) is 1. The molecule has 1 atom stereocenters. The van der Waals surface area contributed by atoms with E-state index in [1.54, 1.807) is 0 Å². The Kier molecular flexibility index (Phi) is 4.42. The van der Waals surface area contributed by atoms with E-state index in [0.717, 1.165) is 24.2 Å². The Morgan fingerprint density at radius 1 is 1.16 bits per heavy atom. The van der Waals surface area contributed by atoms with Crippen LogP contribution in [-0.4, -0.2) is 30.1 Å². The first-order chi connectivity index (χ1) is 9.33. The molecular weight excluding hydrogens is 256 g/mol. The smallest absolute Gasteiger partial charge is 0.0409 e.